The van der Waals surface area contributed by atoms with Gasteiger partial charge >= 0.3 is 0 Å². The van der Waals surface area contributed by atoms with Crippen molar-refractivity contribution in [3.8, 4) is 0 Å². The molecule has 4 heterocycles. The number of nitrogens with one attached hydrogen (secondary N) is 2. The van der Waals surface area contributed by atoms with Crippen LogP contribution in [0.5, 0.6) is 0 Å². The lowest BCUT2D eigenvalue weighted by Crippen LogP contribution is -2.45. The van der Waals surface area contributed by atoms with Gasteiger partial charge in [0.2, 0.25) is 5.95 Å². The number of hydrogen-bond acceptors (Lipinski definition) is 7. The Morgan fingerprint density at radius 3 is 2.82 bits per heavy atom. The van der Waals surface area contributed by atoms with Gasteiger partial charge in [-0.15, -0.1) is 11.3 Å². The first-order valence-corrected chi connectivity index (χ1v) is 12.0. The predicted molar refractivity (Wildman–Crippen MR) is 130 cm³/mol. The number of anilines is 1. The van der Waals surface area contributed by atoms with Crippen LogP contribution in [-0.2, 0) is 6.42 Å². The second-order valence-corrected chi connectivity index (χ2v) is 10.3. The van der Waals surface area contributed by atoms with E-state index in [1.807, 2.05) is 6.92 Å². The standard InChI is InChI=1S/C24H25N7OS/c1-13(17-12-26-14(2)33-17)19-18-21(30-29-19)27-23(28-22(18)32)31-9-7-24(8-10-31)11-15-5-3-4-6-16(15)20(24)25/h3-6,12,20H,1,7-11,25H2,2H3,(H2,27,28,29,30,32)/t20-/m1/s1. The van der Waals surface area contributed by atoms with E-state index in [1.54, 1.807) is 6.20 Å². The van der Waals surface area contributed by atoms with Crippen molar-refractivity contribution in [2.24, 2.45) is 11.1 Å². The van der Waals surface area contributed by atoms with Crippen molar-refractivity contribution < 1.29 is 0 Å². The highest BCUT2D eigenvalue weighted by atomic mass is 32.1. The summed E-state index contributed by atoms with van der Waals surface area (Å²) in [5.41, 5.74) is 10.9. The summed E-state index contributed by atoms with van der Waals surface area (Å²) in [6.45, 7) is 7.67. The van der Waals surface area contributed by atoms with Gasteiger partial charge in [-0.3, -0.25) is 14.9 Å². The summed E-state index contributed by atoms with van der Waals surface area (Å²) in [6.07, 6.45) is 4.69. The van der Waals surface area contributed by atoms with Crippen LogP contribution in [0.4, 0.5) is 5.95 Å². The summed E-state index contributed by atoms with van der Waals surface area (Å²) in [6, 6.07) is 8.57. The van der Waals surface area contributed by atoms with Gasteiger partial charge in [-0.05, 0) is 42.7 Å². The molecule has 4 aromatic rings. The van der Waals surface area contributed by atoms with Gasteiger partial charge in [0.15, 0.2) is 5.65 Å². The Morgan fingerprint density at radius 1 is 1.30 bits per heavy atom. The molecule has 8 nitrogen and oxygen atoms in total. The molecule has 1 aliphatic heterocycles. The lowest BCUT2D eigenvalue weighted by molar-refractivity contribution is 0.187. The van der Waals surface area contributed by atoms with Crippen molar-refractivity contribution in [2.45, 2.75) is 32.2 Å². The van der Waals surface area contributed by atoms with Gasteiger partial charge in [0.05, 0.1) is 15.6 Å². The molecule has 0 amide bonds. The number of benzene rings is 1. The Bertz CT molecular complexity index is 1440. The average Bonchev–Trinajstić information content (AvgIpc) is 3.51. The number of piperidine rings is 1. The predicted octanol–water partition coefficient (Wildman–Crippen LogP) is 3.32. The molecular weight excluding hydrogens is 434 g/mol. The van der Waals surface area contributed by atoms with Gasteiger partial charge < -0.3 is 10.6 Å². The van der Waals surface area contributed by atoms with Gasteiger partial charge in [-0.2, -0.15) is 10.1 Å². The van der Waals surface area contributed by atoms with Crippen LogP contribution in [0.3, 0.4) is 0 Å². The molecule has 1 atom stereocenters. The number of thiazole rings is 1. The Kier molecular flexibility index (Phi) is 4.53. The molecule has 168 valence electrons. The zero-order valence-electron chi connectivity index (χ0n) is 18.4. The van der Waals surface area contributed by atoms with Gasteiger partial charge in [-0.1, -0.05) is 30.8 Å². The van der Waals surface area contributed by atoms with Crippen LogP contribution in [0.15, 0.2) is 41.8 Å². The molecule has 1 aromatic carbocycles. The Morgan fingerprint density at radius 2 is 2.09 bits per heavy atom. The molecule has 4 N–H and O–H groups in total. The number of rotatable bonds is 3. The fourth-order valence-corrected chi connectivity index (χ4v) is 6.14. The molecule has 0 bridgehead atoms. The number of fused-ring (bicyclic) bond motifs is 2. The Labute approximate surface area is 194 Å². The smallest absolute Gasteiger partial charge is 0.264 e. The summed E-state index contributed by atoms with van der Waals surface area (Å²) in [7, 11) is 0. The first kappa shape index (κ1) is 20.3. The normalized spacial score (nSPS) is 19.3. The van der Waals surface area contributed by atoms with E-state index in [0.29, 0.717) is 28.2 Å². The summed E-state index contributed by atoms with van der Waals surface area (Å²) >= 11 is 1.53. The van der Waals surface area contributed by atoms with Crippen LogP contribution in [-0.4, -0.2) is 38.2 Å². The van der Waals surface area contributed by atoms with Gasteiger partial charge in [0.1, 0.15) is 5.39 Å². The maximum absolute atomic E-state index is 13.1. The Hall–Kier alpha value is -3.30. The van der Waals surface area contributed by atoms with E-state index < -0.39 is 0 Å². The minimum atomic E-state index is -0.216. The third-order valence-corrected chi connectivity index (χ3v) is 8.26. The van der Waals surface area contributed by atoms with Crippen molar-refractivity contribution in [1.82, 2.24) is 25.1 Å². The van der Waals surface area contributed by atoms with E-state index in [2.05, 4.69) is 60.9 Å². The van der Waals surface area contributed by atoms with Crippen LogP contribution in [0, 0.1) is 12.3 Å². The van der Waals surface area contributed by atoms with Crippen LogP contribution < -0.4 is 16.2 Å². The average molecular weight is 460 g/mol. The lowest BCUT2D eigenvalue weighted by Gasteiger charge is -2.42. The van der Waals surface area contributed by atoms with Crippen molar-refractivity contribution in [3.05, 3.63) is 74.1 Å². The molecule has 6 rings (SSSR count). The van der Waals surface area contributed by atoms with Crippen molar-refractivity contribution >= 4 is 33.9 Å². The first-order chi connectivity index (χ1) is 15.9. The van der Waals surface area contributed by atoms with Crippen LogP contribution >= 0.6 is 11.3 Å². The van der Waals surface area contributed by atoms with Crippen LogP contribution in [0.2, 0.25) is 0 Å². The molecule has 3 aromatic heterocycles. The number of H-pyrrole nitrogens is 2. The molecule has 0 saturated carbocycles. The molecular formula is C24H25N7OS. The second kappa shape index (κ2) is 7.36. The third-order valence-electron chi connectivity index (χ3n) is 7.28. The number of nitrogens with two attached hydrogens (primary N) is 1. The molecule has 1 aliphatic carbocycles. The van der Waals surface area contributed by atoms with Crippen molar-refractivity contribution in [2.75, 3.05) is 18.0 Å². The number of aromatic amines is 2. The van der Waals surface area contributed by atoms with Crippen molar-refractivity contribution in [1.29, 1.82) is 0 Å². The molecule has 1 fully saturated rings. The molecule has 0 radical (unpaired) electrons. The SMILES string of the molecule is C=C(c1cnc(C)s1)c1[nH]nc2nc(N3CCC4(CC3)Cc3ccccc3[C@H]4N)[nH]c(=O)c12. The minimum absolute atomic E-state index is 0.0561. The maximum Gasteiger partial charge on any atom is 0.264 e. The summed E-state index contributed by atoms with van der Waals surface area (Å²) in [5.74, 6) is 0.559. The Balaban J connectivity index is 1.26. The van der Waals surface area contributed by atoms with Gasteiger partial charge in [-0.25, -0.2) is 4.98 Å². The lowest BCUT2D eigenvalue weighted by atomic mass is 9.73. The van der Waals surface area contributed by atoms with E-state index in [9.17, 15) is 4.79 Å². The van der Waals surface area contributed by atoms with Crippen LogP contribution in [0.25, 0.3) is 16.6 Å². The molecule has 1 spiro atoms. The molecule has 0 unspecified atom stereocenters. The topological polar surface area (TPSA) is 117 Å². The summed E-state index contributed by atoms with van der Waals surface area (Å²) in [4.78, 5) is 28.0. The number of hydrogen-bond donors (Lipinski definition) is 3. The molecule has 1 saturated heterocycles. The summed E-state index contributed by atoms with van der Waals surface area (Å²) < 4.78 is 0. The number of aromatic nitrogens is 5. The zero-order valence-corrected chi connectivity index (χ0v) is 19.2. The first-order valence-electron chi connectivity index (χ1n) is 11.1. The zero-order chi connectivity index (χ0) is 22.7. The molecule has 2 aliphatic rings. The van der Waals surface area contributed by atoms with Gasteiger partial charge in [0.25, 0.3) is 5.56 Å². The quantitative estimate of drug-likeness (QED) is 0.433. The highest BCUT2D eigenvalue weighted by Gasteiger charge is 2.46. The van der Waals surface area contributed by atoms with Gasteiger partial charge in [0, 0.05) is 30.9 Å². The van der Waals surface area contributed by atoms with E-state index in [4.69, 9.17) is 5.73 Å². The molecule has 33 heavy (non-hydrogen) atoms. The number of nitrogens with zero attached hydrogens (tertiary/aromatic N) is 4. The second-order valence-electron chi connectivity index (χ2n) is 9.11. The monoisotopic (exact) mass is 459 g/mol. The fourth-order valence-electron chi connectivity index (χ4n) is 5.38. The highest BCUT2D eigenvalue weighted by Crippen LogP contribution is 2.50. The molecule has 9 heteroatoms. The highest BCUT2D eigenvalue weighted by molar-refractivity contribution is 7.12. The fraction of sp³-hybridized carbons (Fsp3) is 0.333. The summed E-state index contributed by atoms with van der Waals surface area (Å²) in [5, 5.41) is 8.65. The van der Waals surface area contributed by atoms with E-state index in [0.717, 1.165) is 42.2 Å². The maximum atomic E-state index is 13.1. The van der Waals surface area contributed by atoms with Crippen molar-refractivity contribution in [3.63, 3.8) is 0 Å². The van der Waals surface area contributed by atoms with Crippen LogP contribution in [0.1, 0.15) is 45.6 Å². The van der Waals surface area contributed by atoms with E-state index in [-0.39, 0.29) is 17.0 Å². The van der Waals surface area contributed by atoms with E-state index in [1.165, 1.54) is 22.5 Å². The largest absolute Gasteiger partial charge is 0.342 e. The van der Waals surface area contributed by atoms with E-state index >= 15 is 0 Å². The minimum Gasteiger partial charge on any atom is -0.342 e. The number of aryl methyl sites for hydroxylation is 1. The third kappa shape index (κ3) is 3.14.